The second-order valence-electron chi connectivity index (χ2n) is 11.0. The average molecular weight is 702 g/mol. The van der Waals surface area contributed by atoms with Crippen LogP contribution in [-0.2, 0) is 25.7 Å². The molecule has 4 aliphatic rings. The fourth-order valence-corrected chi connectivity index (χ4v) is 8.46. The smallest absolute Gasteiger partial charge is 0.508 e. The second kappa shape index (κ2) is 10.2. The Balaban J connectivity index is 1.50. The number of nitrogens with zero attached hydrogens (tertiary/aromatic N) is 2. The Morgan fingerprint density at radius 3 is 2.33 bits per heavy atom. The molecule has 2 aliphatic heterocycles. The molecule has 6 atom stereocenters. The Morgan fingerprint density at radius 2 is 1.67 bits per heavy atom. The number of carbonyl (C=O) groups excluding carboxylic acids is 4. The molecule has 2 aromatic rings. The van der Waals surface area contributed by atoms with Crippen LogP contribution in [0, 0.1) is 17.8 Å². The van der Waals surface area contributed by atoms with E-state index in [1.807, 2.05) is 0 Å². The van der Waals surface area contributed by atoms with Crippen molar-refractivity contribution in [3.63, 3.8) is 0 Å². The molecule has 2 aliphatic carbocycles. The summed E-state index contributed by atoms with van der Waals surface area (Å²) >= 11 is 17.3. The fourth-order valence-electron chi connectivity index (χ4n) is 7.05. The lowest BCUT2D eigenvalue weighted by molar-refractivity contribution is -0.274. The first-order chi connectivity index (χ1) is 20.2. The molecule has 3 fully saturated rings. The van der Waals surface area contributed by atoms with Crippen molar-refractivity contribution in [1.82, 2.24) is 9.80 Å². The molecule has 0 radical (unpaired) electrons. The van der Waals surface area contributed by atoms with Gasteiger partial charge in [0.25, 0.3) is 11.8 Å². The number of carbonyl (C=O) groups is 4. The number of aromatic hydroxyl groups is 1. The molecule has 0 spiro atoms. The summed E-state index contributed by atoms with van der Waals surface area (Å²) in [6.45, 7) is 0.0227. The van der Waals surface area contributed by atoms with Gasteiger partial charge in [-0.3, -0.25) is 29.0 Å². The highest BCUT2D eigenvalue weighted by atomic mass is 79.9. The largest absolute Gasteiger partial charge is 0.573 e. The summed E-state index contributed by atoms with van der Waals surface area (Å²) in [5.74, 6) is -8.03. The third-order valence-electron chi connectivity index (χ3n) is 8.83. The number of allylic oxidation sites excluding steroid dienone is 2. The minimum Gasteiger partial charge on any atom is -0.508 e. The number of phenolic OH excluding ortho intramolecular Hbond substituents is 1. The van der Waals surface area contributed by atoms with Crippen LogP contribution in [0.5, 0.6) is 11.5 Å². The molecule has 0 bridgehead atoms. The van der Waals surface area contributed by atoms with Crippen LogP contribution in [0.1, 0.15) is 29.9 Å². The SMILES string of the molecule is O=C1[C@H]2[C@H](CC=C3[C@H]2C[C@@]2(Cl)C(=O)N(CBr)C(=O)[C@@]2(Cl)[C@H]3c2cc(OC(F)(F)F)ccc2O)C(=O)N1Cc1ccccc1. The number of benzene rings is 2. The number of hydrogen-bond acceptors (Lipinski definition) is 6. The number of likely N-dealkylation sites (tertiary alicyclic amines) is 2. The third-order valence-corrected chi connectivity index (χ3v) is 10.7. The monoisotopic (exact) mass is 700 g/mol. The van der Waals surface area contributed by atoms with Crippen molar-refractivity contribution in [2.45, 2.75) is 41.4 Å². The van der Waals surface area contributed by atoms with Gasteiger partial charge in [0.15, 0.2) is 9.75 Å². The summed E-state index contributed by atoms with van der Waals surface area (Å²) in [6.07, 6.45) is -3.68. The Bertz CT molecular complexity index is 1590. The number of fused-ring (bicyclic) bond motifs is 4. The van der Waals surface area contributed by atoms with Crippen molar-refractivity contribution < 1.29 is 42.2 Å². The lowest BCUT2D eigenvalue weighted by atomic mass is 9.56. The lowest BCUT2D eigenvalue weighted by Crippen LogP contribution is -2.60. The van der Waals surface area contributed by atoms with Crippen molar-refractivity contribution in [2.75, 3.05) is 5.45 Å². The predicted octanol–water partition coefficient (Wildman–Crippen LogP) is 5.20. The highest BCUT2D eigenvalue weighted by molar-refractivity contribution is 9.09. The van der Waals surface area contributed by atoms with Gasteiger partial charge in [0.2, 0.25) is 11.8 Å². The van der Waals surface area contributed by atoms with E-state index in [2.05, 4.69) is 20.7 Å². The molecule has 6 rings (SSSR count). The van der Waals surface area contributed by atoms with Gasteiger partial charge >= 0.3 is 6.36 Å². The number of phenols is 1. The van der Waals surface area contributed by atoms with Crippen LogP contribution in [0.25, 0.3) is 0 Å². The number of amides is 4. The molecule has 2 heterocycles. The van der Waals surface area contributed by atoms with E-state index < -0.39 is 74.9 Å². The van der Waals surface area contributed by atoms with Gasteiger partial charge in [-0.2, -0.15) is 0 Å². The molecule has 43 heavy (non-hydrogen) atoms. The maximum Gasteiger partial charge on any atom is 0.573 e. The maximum atomic E-state index is 13.9. The Labute approximate surface area is 261 Å². The molecule has 0 aromatic heterocycles. The molecule has 0 unspecified atom stereocenters. The Morgan fingerprint density at radius 1 is 0.977 bits per heavy atom. The number of imide groups is 2. The summed E-state index contributed by atoms with van der Waals surface area (Å²) in [5, 5.41) is 10.9. The number of rotatable bonds is 5. The molecular formula is C29H22BrCl2F3N2O6. The van der Waals surface area contributed by atoms with Crippen molar-refractivity contribution >= 4 is 62.8 Å². The molecule has 14 heteroatoms. The third kappa shape index (κ3) is 4.39. The van der Waals surface area contributed by atoms with Gasteiger partial charge in [-0.25, -0.2) is 0 Å². The zero-order valence-electron chi connectivity index (χ0n) is 22.0. The van der Waals surface area contributed by atoms with E-state index in [-0.39, 0.29) is 30.4 Å². The molecule has 1 N–H and O–H groups in total. The molecular weight excluding hydrogens is 680 g/mol. The van der Waals surface area contributed by atoms with Crippen LogP contribution in [0.2, 0.25) is 0 Å². The highest BCUT2D eigenvalue weighted by Gasteiger charge is 2.76. The first kappa shape index (κ1) is 30.0. The van der Waals surface area contributed by atoms with Gasteiger partial charge in [-0.05, 0) is 42.5 Å². The predicted molar refractivity (Wildman–Crippen MR) is 150 cm³/mol. The quantitative estimate of drug-likeness (QED) is 0.199. The van der Waals surface area contributed by atoms with Crippen molar-refractivity contribution in [2.24, 2.45) is 17.8 Å². The molecule has 226 valence electrons. The average Bonchev–Trinajstić information content (AvgIpc) is 3.27. The number of ether oxygens (including phenoxy) is 1. The number of halogens is 6. The van der Waals surface area contributed by atoms with Crippen LogP contribution < -0.4 is 4.74 Å². The first-order valence-electron chi connectivity index (χ1n) is 13.2. The molecule has 2 aromatic carbocycles. The lowest BCUT2D eigenvalue weighted by Gasteiger charge is -2.50. The summed E-state index contributed by atoms with van der Waals surface area (Å²) in [5.41, 5.74) is 0.530. The Kier molecular flexibility index (Phi) is 7.13. The van der Waals surface area contributed by atoms with Crippen molar-refractivity contribution in [3.05, 3.63) is 71.3 Å². The standard InChI is InChI=1S/C29H22BrCl2F3N2O6/c30-13-37-25(41)27(31)11-19-16(7-8-17-21(19)24(40)36(23(17)39)12-14-4-2-1-3-5-14)22(28(27,32)26(37)42)18-10-15(6-9-20(18)38)43-29(33,34)35/h1-7,9-10,17,19,21-22,38H,8,11-13H2/t17-,19+,21-,22+,27+,28-/m0/s1. The fraction of sp³-hybridized carbons (Fsp3) is 0.379. The van der Waals surface area contributed by atoms with Crippen LogP contribution in [-0.4, -0.2) is 60.1 Å². The maximum absolute atomic E-state index is 13.9. The highest BCUT2D eigenvalue weighted by Crippen LogP contribution is 2.66. The normalized spacial score (nSPS) is 32.0. The zero-order valence-corrected chi connectivity index (χ0v) is 25.1. The first-order valence-corrected chi connectivity index (χ1v) is 15.1. The van der Waals surface area contributed by atoms with Crippen molar-refractivity contribution in [1.29, 1.82) is 0 Å². The van der Waals surface area contributed by atoms with E-state index in [1.54, 1.807) is 36.4 Å². The van der Waals surface area contributed by atoms with Crippen LogP contribution >= 0.6 is 39.1 Å². The molecule has 8 nitrogen and oxygen atoms in total. The van der Waals surface area contributed by atoms with Gasteiger partial charge in [-0.1, -0.05) is 57.9 Å². The van der Waals surface area contributed by atoms with Crippen molar-refractivity contribution in [3.8, 4) is 11.5 Å². The van der Waals surface area contributed by atoms with Gasteiger partial charge in [0.05, 0.1) is 23.8 Å². The van der Waals surface area contributed by atoms with Gasteiger partial charge in [0, 0.05) is 11.5 Å². The summed E-state index contributed by atoms with van der Waals surface area (Å²) in [7, 11) is 0. The summed E-state index contributed by atoms with van der Waals surface area (Å²) in [6, 6.07) is 11.6. The van der Waals surface area contributed by atoms with E-state index in [1.165, 1.54) is 0 Å². The minimum absolute atomic E-state index is 0.0227. The van der Waals surface area contributed by atoms with E-state index >= 15 is 0 Å². The molecule has 1 saturated carbocycles. The van der Waals surface area contributed by atoms with Crippen LogP contribution in [0.3, 0.4) is 0 Å². The second-order valence-corrected chi connectivity index (χ2v) is 12.7. The Hall–Kier alpha value is -3.09. The van der Waals surface area contributed by atoms with E-state index in [0.717, 1.165) is 33.6 Å². The summed E-state index contributed by atoms with van der Waals surface area (Å²) in [4.78, 5) is 52.4. The summed E-state index contributed by atoms with van der Waals surface area (Å²) < 4.78 is 43.5. The van der Waals surface area contributed by atoms with Gasteiger partial charge in [0.1, 0.15) is 11.5 Å². The molecule has 2 saturated heterocycles. The number of hydrogen-bond donors (Lipinski definition) is 1. The van der Waals surface area contributed by atoms with Crippen LogP contribution in [0.4, 0.5) is 13.2 Å². The topological polar surface area (TPSA) is 104 Å². The van der Waals surface area contributed by atoms with Gasteiger partial charge < -0.3 is 9.84 Å². The minimum atomic E-state index is -5.07. The van der Waals surface area contributed by atoms with Crippen LogP contribution in [0.15, 0.2) is 60.2 Å². The van der Waals surface area contributed by atoms with E-state index in [9.17, 15) is 37.5 Å². The van der Waals surface area contributed by atoms with E-state index in [4.69, 9.17) is 23.2 Å². The van der Waals surface area contributed by atoms with Gasteiger partial charge in [-0.15, -0.1) is 36.4 Å². The molecule has 4 amide bonds. The number of alkyl halides is 6. The zero-order chi connectivity index (χ0) is 31.1. The van der Waals surface area contributed by atoms with E-state index in [0.29, 0.717) is 5.57 Å².